The lowest BCUT2D eigenvalue weighted by Gasteiger charge is -2.33. The summed E-state index contributed by atoms with van der Waals surface area (Å²) in [6.07, 6.45) is -1.35. The molecule has 340 valence electrons. The zero-order valence-corrected chi connectivity index (χ0v) is 39.0. The number of Topliss-reactive ketones (excluding diaryl/α,β-unsaturated/α-hetero) is 1. The van der Waals surface area contributed by atoms with Gasteiger partial charge in [-0.15, -0.1) is 0 Å². The standard InChI is InChI=1S/C41H70N7O11P/c1-25(2)22-32(36(52)42-24-26(3)49)45-39(55)35(27(4)57-40(6,7)8)46-37(53)31(20-21-34(51)58-41(9,10)11)44-38(54)33(43-28(5)50)23-29-16-18-30(19-17-29)59-60(56,47(12)13)48(14)15/h16-19,25,27,31-33,35H,20-24H2,1-15H3,(H,42,52)(H,43,50)(H,44,54)(H,45,55)(H,46,53). The highest BCUT2D eigenvalue weighted by Gasteiger charge is 2.37. The minimum Gasteiger partial charge on any atom is -0.460 e. The third kappa shape index (κ3) is 19.8. The number of amides is 5. The molecule has 0 aliphatic carbocycles. The molecule has 1 rings (SSSR count). The van der Waals surface area contributed by atoms with Gasteiger partial charge in [0, 0.05) is 19.8 Å². The number of benzene rings is 1. The van der Waals surface area contributed by atoms with Crippen molar-refractivity contribution in [2.75, 3.05) is 34.7 Å². The lowest BCUT2D eigenvalue weighted by molar-refractivity contribution is -0.155. The van der Waals surface area contributed by atoms with E-state index in [1.165, 1.54) is 23.2 Å². The number of rotatable bonds is 23. The van der Waals surface area contributed by atoms with Crippen LogP contribution in [0.4, 0.5) is 0 Å². The molecule has 0 spiro atoms. The van der Waals surface area contributed by atoms with E-state index in [-0.39, 0.29) is 43.9 Å². The van der Waals surface area contributed by atoms with Crippen molar-refractivity contribution in [3.05, 3.63) is 29.8 Å². The molecule has 0 radical (unpaired) electrons. The molecule has 0 aliphatic heterocycles. The Balaban J connectivity index is 3.56. The van der Waals surface area contributed by atoms with Gasteiger partial charge >= 0.3 is 13.6 Å². The highest BCUT2D eigenvalue weighted by Crippen LogP contribution is 2.50. The van der Waals surface area contributed by atoms with E-state index < -0.39 is 84.6 Å². The van der Waals surface area contributed by atoms with Gasteiger partial charge in [-0.1, -0.05) is 26.0 Å². The maximum absolute atomic E-state index is 14.2. The fourth-order valence-corrected chi connectivity index (χ4v) is 7.24. The topological polar surface area (TPSA) is 231 Å². The van der Waals surface area contributed by atoms with Gasteiger partial charge in [0.2, 0.25) is 29.5 Å². The van der Waals surface area contributed by atoms with Gasteiger partial charge in [0.25, 0.3) is 0 Å². The van der Waals surface area contributed by atoms with Crippen LogP contribution in [-0.2, 0) is 54.0 Å². The fraction of sp³-hybridized carbons (Fsp3) is 0.683. The van der Waals surface area contributed by atoms with E-state index in [4.69, 9.17) is 14.0 Å². The largest absolute Gasteiger partial charge is 0.460 e. The Morgan fingerprint density at radius 1 is 0.700 bits per heavy atom. The fourth-order valence-electron chi connectivity index (χ4n) is 5.81. The van der Waals surface area contributed by atoms with Crippen molar-refractivity contribution >= 4 is 49.0 Å². The molecule has 5 N–H and O–H groups in total. The second kappa shape index (κ2) is 23.6. The van der Waals surface area contributed by atoms with Gasteiger partial charge in [0.05, 0.1) is 18.2 Å². The van der Waals surface area contributed by atoms with Crippen LogP contribution in [0.1, 0.15) is 101 Å². The van der Waals surface area contributed by atoms with Crippen molar-refractivity contribution in [3.63, 3.8) is 0 Å². The highest BCUT2D eigenvalue weighted by atomic mass is 31.2. The number of hydrogen-bond acceptors (Lipinski definition) is 11. The zero-order valence-electron chi connectivity index (χ0n) is 38.1. The lowest BCUT2D eigenvalue weighted by atomic mass is 10.0. The first-order chi connectivity index (χ1) is 27.4. The predicted octanol–water partition coefficient (Wildman–Crippen LogP) is 2.88. The quantitative estimate of drug-likeness (QED) is 0.0788. The number of ketones is 1. The minimum atomic E-state index is -3.36. The van der Waals surface area contributed by atoms with Crippen molar-refractivity contribution in [2.45, 2.75) is 143 Å². The van der Waals surface area contributed by atoms with Crippen LogP contribution in [0.3, 0.4) is 0 Å². The molecular weight excluding hydrogens is 797 g/mol. The molecule has 19 heteroatoms. The summed E-state index contributed by atoms with van der Waals surface area (Å²) in [6, 6.07) is 1.36. The number of ether oxygens (including phenoxy) is 2. The minimum absolute atomic E-state index is 0.0322. The number of carbonyl (C=O) groups is 7. The van der Waals surface area contributed by atoms with Gasteiger partial charge in [-0.3, -0.25) is 33.6 Å². The molecule has 5 atom stereocenters. The van der Waals surface area contributed by atoms with E-state index in [2.05, 4.69) is 26.6 Å². The average molecular weight is 868 g/mol. The summed E-state index contributed by atoms with van der Waals surface area (Å²) in [4.78, 5) is 92.1. The highest BCUT2D eigenvalue weighted by molar-refractivity contribution is 7.54. The van der Waals surface area contributed by atoms with Gasteiger partial charge in [0.1, 0.15) is 41.3 Å². The zero-order chi connectivity index (χ0) is 46.3. The van der Waals surface area contributed by atoms with Crippen LogP contribution < -0.4 is 31.1 Å². The third-order valence-corrected chi connectivity index (χ3v) is 10.9. The summed E-state index contributed by atoms with van der Waals surface area (Å²) >= 11 is 0. The van der Waals surface area contributed by atoms with E-state index in [0.29, 0.717) is 11.3 Å². The second-order valence-electron chi connectivity index (χ2n) is 17.6. The molecule has 18 nitrogen and oxygen atoms in total. The lowest BCUT2D eigenvalue weighted by Crippen LogP contribution is -2.61. The van der Waals surface area contributed by atoms with Gasteiger partial charge in [-0.05, 0) is 120 Å². The molecule has 60 heavy (non-hydrogen) atoms. The summed E-state index contributed by atoms with van der Waals surface area (Å²) in [5.74, 6) is -4.17. The number of hydrogen-bond donors (Lipinski definition) is 5. The molecule has 0 aromatic heterocycles. The van der Waals surface area contributed by atoms with Crippen molar-refractivity contribution in [3.8, 4) is 5.75 Å². The van der Waals surface area contributed by atoms with E-state index >= 15 is 0 Å². The molecule has 0 saturated heterocycles. The molecule has 0 aliphatic rings. The number of esters is 1. The smallest absolute Gasteiger partial charge is 0.394 e. The first-order valence-electron chi connectivity index (χ1n) is 20.0. The Bertz CT molecular complexity index is 1680. The Morgan fingerprint density at radius 2 is 1.23 bits per heavy atom. The maximum atomic E-state index is 14.2. The summed E-state index contributed by atoms with van der Waals surface area (Å²) in [7, 11) is 3.16. The number of nitrogens with one attached hydrogen (secondary N) is 5. The second-order valence-corrected chi connectivity index (χ2v) is 20.4. The van der Waals surface area contributed by atoms with Gasteiger partial charge in [-0.25, -0.2) is 13.9 Å². The first kappa shape index (κ1) is 53.6. The molecular formula is C41H70N7O11P. The third-order valence-electron chi connectivity index (χ3n) is 8.42. The molecule has 0 bridgehead atoms. The summed E-state index contributed by atoms with van der Waals surface area (Å²) in [6.45, 7) is 17.9. The summed E-state index contributed by atoms with van der Waals surface area (Å²) < 4.78 is 33.6. The van der Waals surface area contributed by atoms with E-state index in [0.717, 1.165) is 0 Å². The molecule has 5 unspecified atom stereocenters. The molecule has 0 saturated carbocycles. The van der Waals surface area contributed by atoms with E-state index in [1.54, 1.807) is 101 Å². The summed E-state index contributed by atoms with van der Waals surface area (Å²) in [5, 5.41) is 13.2. The van der Waals surface area contributed by atoms with Crippen LogP contribution in [0.5, 0.6) is 5.75 Å². The van der Waals surface area contributed by atoms with Gasteiger partial charge in [0.15, 0.2) is 0 Å². The monoisotopic (exact) mass is 867 g/mol. The van der Waals surface area contributed by atoms with E-state index in [9.17, 15) is 38.1 Å². The number of carbonyl (C=O) groups excluding carboxylic acids is 7. The van der Waals surface area contributed by atoms with Crippen LogP contribution in [0.2, 0.25) is 0 Å². The van der Waals surface area contributed by atoms with Crippen molar-refractivity contribution < 1.29 is 52.1 Å². The Hall–Kier alpha value is -4.38. The van der Waals surface area contributed by atoms with Crippen molar-refractivity contribution in [1.29, 1.82) is 0 Å². The molecule has 5 amide bonds. The average Bonchev–Trinajstić information content (AvgIpc) is 3.08. The van der Waals surface area contributed by atoms with Gasteiger partial charge in [-0.2, -0.15) is 0 Å². The van der Waals surface area contributed by atoms with Crippen LogP contribution in [0.15, 0.2) is 24.3 Å². The van der Waals surface area contributed by atoms with Crippen molar-refractivity contribution in [1.82, 2.24) is 35.9 Å². The van der Waals surface area contributed by atoms with Crippen molar-refractivity contribution in [2.24, 2.45) is 5.92 Å². The molecule has 0 fully saturated rings. The van der Waals surface area contributed by atoms with Gasteiger partial charge < -0.3 is 40.6 Å². The predicted molar refractivity (Wildman–Crippen MR) is 228 cm³/mol. The summed E-state index contributed by atoms with van der Waals surface area (Å²) in [5.41, 5.74) is -1.03. The van der Waals surface area contributed by atoms with Crippen LogP contribution in [0.25, 0.3) is 0 Å². The number of nitrogens with zero attached hydrogens (tertiary/aromatic N) is 2. The maximum Gasteiger partial charge on any atom is 0.394 e. The Morgan fingerprint density at radius 3 is 1.70 bits per heavy atom. The van der Waals surface area contributed by atoms with Crippen LogP contribution in [-0.4, -0.2) is 127 Å². The van der Waals surface area contributed by atoms with Crippen LogP contribution >= 0.6 is 7.67 Å². The molecule has 0 heterocycles. The van der Waals surface area contributed by atoms with Crippen LogP contribution in [0, 0.1) is 5.92 Å². The molecule has 1 aromatic rings. The SMILES string of the molecule is CC(=O)CNC(=O)C(CC(C)C)NC(=O)C(NC(=O)C(CCC(=O)OC(C)(C)C)NC(=O)C(Cc1ccc(OP(=O)(N(C)C)N(C)C)cc1)NC(C)=O)C(C)OC(C)(C)C. The first-order valence-corrected chi connectivity index (χ1v) is 21.6. The molecule has 1 aromatic carbocycles. The Kier molecular flexibility index (Phi) is 21.1. The van der Waals surface area contributed by atoms with E-state index in [1.807, 2.05) is 13.8 Å². The normalized spacial score (nSPS) is 14.6. The Labute approximate surface area is 355 Å².